The highest BCUT2D eigenvalue weighted by Crippen LogP contribution is 2.32. The molecule has 0 aliphatic carbocycles. The van der Waals surface area contributed by atoms with E-state index in [0.717, 1.165) is 33.2 Å². The van der Waals surface area contributed by atoms with Gasteiger partial charge in [-0.25, -0.2) is 0 Å². The number of halogens is 2. The smallest absolute Gasteiger partial charge is 0.238 e. The number of nitrogens with one attached hydrogen (secondary N) is 1. The van der Waals surface area contributed by atoms with Crippen LogP contribution < -0.4 is 5.32 Å². The van der Waals surface area contributed by atoms with E-state index in [4.69, 9.17) is 5.11 Å². The zero-order chi connectivity index (χ0) is 15.1. The molecule has 0 heterocycles. The molecule has 0 bridgehead atoms. The van der Waals surface area contributed by atoms with Crippen molar-refractivity contribution in [1.29, 1.82) is 0 Å². The molecule has 1 amide bonds. The quantitative estimate of drug-likeness (QED) is 0.729. The molecule has 0 spiro atoms. The zero-order valence-electron chi connectivity index (χ0n) is 11.7. The fourth-order valence-electron chi connectivity index (χ4n) is 1.93. The summed E-state index contributed by atoms with van der Waals surface area (Å²) in [6.07, 6.45) is 0.950. The first kappa shape index (κ1) is 17.6. The molecule has 0 fully saturated rings. The van der Waals surface area contributed by atoms with Crippen LogP contribution in [0.3, 0.4) is 0 Å². The number of aliphatic hydroxyl groups is 1. The van der Waals surface area contributed by atoms with Crippen molar-refractivity contribution in [3.05, 3.63) is 26.6 Å². The Kier molecular flexibility index (Phi) is 7.72. The fraction of sp³-hybridized carbons (Fsp3) is 0.500. The third-order valence-electron chi connectivity index (χ3n) is 2.77. The number of hydrogen-bond donors (Lipinski definition) is 2. The molecule has 20 heavy (non-hydrogen) atoms. The first-order valence-corrected chi connectivity index (χ1v) is 8.15. The first-order valence-electron chi connectivity index (χ1n) is 6.56. The number of rotatable bonds is 7. The standard InChI is InChI=1S/C14H20Br2N2O2/c1-3-4-18(5-6-19)9-13(20)17-14-11(15)7-10(2)8-12(14)16/h7-8,19H,3-6,9H2,1-2H3,(H,17,20). The molecule has 0 aliphatic heterocycles. The van der Waals surface area contributed by atoms with Crippen LogP contribution in [-0.4, -0.2) is 42.2 Å². The molecule has 0 saturated heterocycles. The average molecular weight is 408 g/mol. The Morgan fingerprint density at radius 3 is 2.40 bits per heavy atom. The second-order valence-electron chi connectivity index (χ2n) is 4.65. The van der Waals surface area contributed by atoms with Gasteiger partial charge in [0.15, 0.2) is 0 Å². The summed E-state index contributed by atoms with van der Waals surface area (Å²) in [5.41, 5.74) is 1.84. The number of nitrogens with zero attached hydrogens (tertiary/aromatic N) is 1. The van der Waals surface area contributed by atoms with Gasteiger partial charge in [-0.2, -0.15) is 0 Å². The van der Waals surface area contributed by atoms with E-state index in [1.54, 1.807) is 0 Å². The number of aliphatic hydroxyl groups excluding tert-OH is 1. The second kappa shape index (κ2) is 8.77. The molecule has 0 radical (unpaired) electrons. The summed E-state index contributed by atoms with van der Waals surface area (Å²) in [7, 11) is 0. The summed E-state index contributed by atoms with van der Waals surface area (Å²) < 4.78 is 1.70. The predicted octanol–water partition coefficient (Wildman–Crippen LogP) is 3.16. The van der Waals surface area contributed by atoms with Crippen molar-refractivity contribution >= 4 is 43.5 Å². The Bertz CT molecular complexity index is 437. The van der Waals surface area contributed by atoms with Gasteiger partial charge in [0.2, 0.25) is 5.91 Å². The lowest BCUT2D eigenvalue weighted by Gasteiger charge is -2.20. The molecule has 0 unspecified atom stereocenters. The molecule has 1 aromatic rings. The van der Waals surface area contributed by atoms with Crippen molar-refractivity contribution in [2.24, 2.45) is 0 Å². The zero-order valence-corrected chi connectivity index (χ0v) is 14.9. The van der Waals surface area contributed by atoms with Crippen LogP contribution >= 0.6 is 31.9 Å². The summed E-state index contributed by atoms with van der Waals surface area (Å²) in [6, 6.07) is 3.91. The molecule has 0 aromatic heterocycles. The van der Waals surface area contributed by atoms with Crippen LogP contribution in [0.2, 0.25) is 0 Å². The second-order valence-corrected chi connectivity index (χ2v) is 6.36. The van der Waals surface area contributed by atoms with Gasteiger partial charge in [-0.1, -0.05) is 6.92 Å². The summed E-state index contributed by atoms with van der Waals surface area (Å²) in [5.74, 6) is -0.0860. The number of amides is 1. The maximum Gasteiger partial charge on any atom is 0.238 e. The van der Waals surface area contributed by atoms with Crippen molar-refractivity contribution in [3.8, 4) is 0 Å². The number of carbonyl (C=O) groups excluding carboxylic acids is 1. The Balaban J connectivity index is 2.70. The molecule has 1 aromatic carbocycles. The molecule has 0 saturated carbocycles. The van der Waals surface area contributed by atoms with Crippen LogP contribution in [0.25, 0.3) is 0 Å². The Labute approximate surface area is 136 Å². The van der Waals surface area contributed by atoms with Gasteiger partial charge in [0, 0.05) is 15.5 Å². The van der Waals surface area contributed by atoms with Crippen LogP contribution in [0.4, 0.5) is 5.69 Å². The number of anilines is 1. The van der Waals surface area contributed by atoms with Crippen LogP contribution in [-0.2, 0) is 4.79 Å². The van der Waals surface area contributed by atoms with Gasteiger partial charge in [-0.15, -0.1) is 0 Å². The van der Waals surface area contributed by atoms with Crippen molar-refractivity contribution in [2.45, 2.75) is 20.3 Å². The highest BCUT2D eigenvalue weighted by Gasteiger charge is 2.13. The highest BCUT2D eigenvalue weighted by atomic mass is 79.9. The molecule has 1 rings (SSSR count). The third kappa shape index (κ3) is 5.52. The van der Waals surface area contributed by atoms with Crippen molar-refractivity contribution in [3.63, 3.8) is 0 Å². The van der Waals surface area contributed by atoms with Gasteiger partial charge < -0.3 is 10.4 Å². The maximum atomic E-state index is 12.1. The molecule has 4 nitrogen and oxygen atoms in total. The van der Waals surface area contributed by atoms with Crippen LogP contribution in [0.15, 0.2) is 21.1 Å². The molecule has 2 N–H and O–H groups in total. The van der Waals surface area contributed by atoms with E-state index in [1.807, 2.05) is 24.0 Å². The van der Waals surface area contributed by atoms with E-state index >= 15 is 0 Å². The lowest BCUT2D eigenvalue weighted by molar-refractivity contribution is -0.117. The van der Waals surface area contributed by atoms with E-state index in [0.29, 0.717) is 6.54 Å². The van der Waals surface area contributed by atoms with Gasteiger partial charge in [-0.05, 0) is 69.4 Å². The van der Waals surface area contributed by atoms with Crippen LogP contribution in [0, 0.1) is 6.92 Å². The molecule has 6 heteroatoms. The number of hydrogen-bond acceptors (Lipinski definition) is 3. The molecule has 0 aliphatic rings. The van der Waals surface area contributed by atoms with Crippen molar-refractivity contribution in [2.75, 3.05) is 31.6 Å². The van der Waals surface area contributed by atoms with Crippen LogP contribution in [0.1, 0.15) is 18.9 Å². The maximum absolute atomic E-state index is 12.1. The number of benzene rings is 1. The van der Waals surface area contributed by atoms with Crippen molar-refractivity contribution in [1.82, 2.24) is 4.90 Å². The average Bonchev–Trinajstić information content (AvgIpc) is 2.34. The minimum atomic E-state index is -0.0860. The molecular formula is C14H20Br2N2O2. The Hall–Kier alpha value is -0.430. The summed E-state index contributed by atoms with van der Waals surface area (Å²) in [5, 5.41) is 11.9. The van der Waals surface area contributed by atoms with E-state index in [9.17, 15) is 4.79 Å². The Morgan fingerprint density at radius 1 is 1.30 bits per heavy atom. The summed E-state index contributed by atoms with van der Waals surface area (Å²) in [6.45, 7) is 5.69. The predicted molar refractivity (Wildman–Crippen MR) is 89.0 cm³/mol. The molecule has 0 atom stereocenters. The minimum absolute atomic E-state index is 0.0607. The van der Waals surface area contributed by atoms with E-state index in [1.165, 1.54) is 0 Å². The minimum Gasteiger partial charge on any atom is -0.395 e. The monoisotopic (exact) mass is 406 g/mol. The van der Waals surface area contributed by atoms with Crippen molar-refractivity contribution < 1.29 is 9.90 Å². The highest BCUT2D eigenvalue weighted by molar-refractivity contribution is 9.11. The normalized spacial score (nSPS) is 10.9. The largest absolute Gasteiger partial charge is 0.395 e. The van der Waals surface area contributed by atoms with E-state index in [2.05, 4.69) is 44.1 Å². The fourth-order valence-corrected chi connectivity index (χ4v) is 3.54. The van der Waals surface area contributed by atoms with Gasteiger partial charge in [0.25, 0.3) is 0 Å². The molecule has 112 valence electrons. The number of aryl methyl sites for hydroxylation is 1. The van der Waals surface area contributed by atoms with Gasteiger partial charge >= 0.3 is 0 Å². The summed E-state index contributed by atoms with van der Waals surface area (Å²) >= 11 is 6.91. The number of carbonyl (C=O) groups is 1. The lowest BCUT2D eigenvalue weighted by atomic mass is 10.2. The Morgan fingerprint density at radius 2 is 1.90 bits per heavy atom. The summed E-state index contributed by atoms with van der Waals surface area (Å²) in [4.78, 5) is 14.0. The van der Waals surface area contributed by atoms with Gasteiger partial charge in [0.1, 0.15) is 0 Å². The lowest BCUT2D eigenvalue weighted by Crippen LogP contribution is -2.35. The van der Waals surface area contributed by atoms with E-state index in [-0.39, 0.29) is 19.1 Å². The van der Waals surface area contributed by atoms with Gasteiger partial charge in [-0.3, -0.25) is 9.69 Å². The third-order valence-corrected chi connectivity index (χ3v) is 4.02. The first-order chi connectivity index (χ1) is 9.47. The topological polar surface area (TPSA) is 52.6 Å². The van der Waals surface area contributed by atoms with E-state index < -0.39 is 0 Å². The SMILES string of the molecule is CCCN(CCO)CC(=O)Nc1c(Br)cc(C)cc1Br. The molecular weight excluding hydrogens is 388 g/mol. The van der Waals surface area contributed by atoms with Crippen LogP contribution in [0.5, 0.6) is 0 Å². The van der Waals surface area contributed by atoms with Gasteiger partial charge in [0.05, 0.1) is 18.8 Å².